The fourth-order valence-corrected chi connectivity index (χ4v) is 2.42. The molecule has 2 aromatic carbocycles. The van der Waals surface area contributed by atoms with Crippen molar-refractivity contribution < 1.29 is 4.74 Å². The molecule has 0 radical (unpaired) electrons. The topological polar surface area (TPSA) is 59.1 Å². The van der Waals surface area contributed by atoms with Gasteiger partial charge >= 0.3 is 0 Å². The van der Waals surface area contributed by atoms with Crippen molar-refractivity contribution in [3.8, 4) is 11.5 Å². The van der Waals surface area contributed by atoms with Crippen molar-refractivity contribution in [1.82, 2.24) is 9.97 Å². The Morgan fingerprint density at radius 1 is 0.962 bits per heavy atom. The van der Waals surface area contributed by atoms with Crippen molar-refractivity contribution in [1.29, 1.82) is 0 Å². The van der Waals surface area contributed by atoms with Gasteiger partial charge in [-0.3, -0.25) is 0 Å². The largest absolute Gasteiger partial charge is 0.455 e. The highest BCUT2D eigenvalue weighted by molar-refractivity contribution is 5.65. The first-order valence-electron chi connectivity index (χ1n) is 8.78. The van der Waals surface area contributed by atoms with E-state index in [1.807, 2.05) is 67.6 Å². The van der Waals surface area contributed by atoms with E-state index in [4.69, 9.17) is 4.74 Å². The van der Waals surface area contributed by atoms with Crippen LogP contribution in [0.5, 0.6) is 11.5 Å². The fourth-order valence-electron chi connectivity index (χ4n) is 2.42. The minimum Gasteiger partial charge on any atom is -0.455 e. The van der Waals surface area contributed by atoms with Gasteiger partial charge in [-0.2, -0.15) is 4.98 Å². The van der Waals surface area contributed by atoms with Crippen molar-refractivity contribution in [3.63, 3.8) is 0 Å². The number of nitrogens with zero attached hydrogens (tertiary/aromatic N) is 2. The molecule has 0 atom stereocenters. The Labute approximate surface area is 154 Å². The summed E-state index contributed by atoms with van der Waals surface area (Å²) in [4.78, 5) is 9.00. The fraction of sp³-hybridized carbons (Fsp3) is 0.238. The summed E-state index contributed by atoms with van der Waals surface area (Å²) < 4.78 is 6.00. The Balaban J connectivity index is 1.81. The van der Waals surface area contributed by atoms with Crippen LogP contribution in [0, 0.1) is 12.8 Å². The second-order valence-corrected chi connectivity index (χ2v) is 6.53. The normalized spacial score (nSPS) is 10.6. The zero-order chi connectivity index (χ0) is 18.4. The second kappa shape index (κ2) is 8.34. The van der Waals surface area contributed by atoms with Gasteiger partial charge in [0.2, 0.25) is 5.95 Å². The summed E-state index contributed by atoms with van der Waals surface area (Å²) in [5.74, 6) is 3.41. The van der Waals surface area contributed by atoms with Crippen molar-refractivity contribution in [3.05, 3.63) is 66.4 Å². The molecule has 0 saturated heterocycles. The van der Waals surface area contributed by atoms with Crippen LogP contribution in [-0.4, -0.2) is 16.5 Å². The van der Waals surface area contributed by atoms with Crippen LogP contribution in [0.4, 0.5) is 17.5 Å². The van der Waals surface area contributed by atoms with Crippen molar-refractivity contribution in [2.45, 2.75) is 20.8 Å². The highest BCUT2D eigenvalue weighted by atomic mass is 16.5. The molecule has 0 aliphatic heterocycles. The number of aromatic nitrogens is 2. The number of para-hydroxylation sites is 3. The number of hydrogen-bond acceptors (Lipinski definition) is 5. The number of nitrogens with one attached hydrogen (secondary N) is 2. The van der Waals surface area contributed by atoms with Crippen LogP contribution in [0.25, 0.3) is 0 Å². The highest BCUT2D eigenvalue weighted by Crippen LogP contribution is 2.31. The summed E-state index contributed by atoms with van der Waals surface area (Å²) in [5.41, 5.74) is 1.75. The molecule has 0 aliphatic carbocycles. The van der Waals surface area contributed by atoms with Gasteiger partial charge in [0, 0.05) is 18.3 Å². The molecule has 0 unspecified atom stereocenters. The van der Waals surface area contributed by atoms with E-state index in [0.717, 1.165) is 35.2 Å². The van der Waals surface area contributed by atoms with E-state index in [1.54, 1.807) is 0 Å². The third-order valence-corrected chi connectivity index (χ3v) is 3.64. The lowest BCUT2D eigenvalue weighted by molar-refractivity contribution is 0.485. The molecule has 134 valence electrons. The standard InChI is InChI=1S/C21H24N4O/c1-15(2)14-22-21-23-16(3)13-20(25-21)24-18-11-7-8-12-19(18)26-17-9-5-4-6-10-17/h4-13,15H,14H2,1-3H3,(H2,22,23,24,25). The van der Waals surface area contributed by atoms with Gasteiger partial charge in [0.25, 0.3) is 0 Å². The van der Waals surface area contributed by atoms with Gasteiger partial charge in [-0.1, -0.05) is 44.2 Å². The number of anilines is 3. The molecular formula is C21H24N4O. The van der Waals surface area contributed by atoms with Crippen LogP contribution in [-0.2, 0) is 0 Å². The molecule has 0 fully saturated rings. The lowest BCUT2D eigenvalue weighted by atomic mass is 10.2. The monoisotopic (exact) mass is 348 g/mol. The summed E-state index contributed by atoms with van der Waals surface area (Å²) in [6.45, 7) is 7.09. The molecule has 3 rings (SSSR count). The van der Waals surface area contributed by atoms with E-state index < -0.39 is 0 Å². The minimum absolute atomic E-state index is 0.524. The van der Waals surface area contributed by atoms with Gasteiger partial charge in [0.15, 0.2) is 5.75 Å². The second-order valence-electron chi connectivity index (χ2n) is 6.53. The Hall–Kier alpha value is -3.08. The van der Waals surface area contributed by atoms with Gasteiger partial charge in [-0.25, -0.2) is 4.98 Å². The third-order valence-electron chi connectivity index (χ3n) is 3.64. The summed E-state index contributed by atoms with van der Waals surface area (Å²) in [5, 5.41) is 6.62. The Bertz CT molecular complexity index is 850. The van der Waals surface area contributed by atoms with Crippen LogP contribution in [0.15, 0.2) is 60.7 Å². The Morgan fingerprint density at radius 3 is 2.46 bits per heavy atom. The van der Waals surface area contributed by atoms with Crippen LogP contribution < -0.4 is 15.4 Å². The van der Waals surface area contributed by atoms with E-state index in [1.165, 1.54) is 0 Å². The summed E-state index contributed by atoms with van der Waals surface area (Å²) in [6.07, 6.45) is 0. The first kappa shape index (κ1) is 17.7. The predicted octanol–water partition coefficient (Wildman–Crippen LogP) is 5.39. The highest BCUT2D eigenvalue weighted by Gasteiger charge is 2.08. The van der Waals surface area contributed by atoms with Gasteiger partial charge in [-0.15, -0.1) is 0 Å². The summed E-state index contributed by atoms with van der Waals surface area (Å²) >= 11 is 0. The lowest BCUT2D eigenvalue weighted by Crippen LogP contribution is -2.11. The first-order valence-corrected chi connectivity index (χ1v) is 8.78. The molecule has 0 bridgehead atoms. The molecule has 2 N–H and O–H groups in total. The number of aryl methyl sites for hydroxylation is 1. The molecule has 1 heterocycles. The molecule has 0 aliphatic rings. The van der Waals surface area contributed by atoms with Gasteiger partial charge in [0.05, 0.1) is 5.69 Å². The maximum absolute atomic E-state index is 6.00. The molecule has 5 nitrogen and oxygen atoms in total. The number of rotatable bonds is 7. The predicted molar refractivity (Wildman–Crippen MR) is 106 cm³/mol. The van der Waals surface area contributed by atoms with Crippen LogP contribution in [0.2, 0.25) is 0 Å². The SMILES string of the molecule is Cc1cc(Nc2ccccc2Oc2ccccc2)nc(NCC(C)C)n1. The summed E-state index contributed by atoms with van der Waals surface area (Å²) in [6, 6.07) is 19.5. The molecular weight excluding hydrogens is 324 g/mol. The molecule has 5 heteroatoms. The molecule has 0 amide bonds. The molecule has 0 saturated carbocycles. The van der Waals surface area contributed by atoms with Crippen molar-refractivity contribution >= 4 is 17.5 Å². The maximum Gasteiger partial charge on any atom is 0.224 e. The maximum atomic E-state index is 6.00. The van der Waals surface area contributed by atoms with E-state index >= 15 is 0 Å². The van der Waals surface area contributed by atoms with Gasteiger partial charge < -0.3 is 15.4 Å². The van der Waals surface area contributed by atoms with E-state index in [-0.39, 0.29) is 0 Å². The third kappa shape index (κ3) is 4.96. The molecule has 0 spiro atoms. The molecule has 26 heavy (non-hydrogen) atoms. The van der Waals surface area contributed by atoms with E-state index in [0.29, 0.717) is 11.9 Å². The summed E-state index contributed by atoms with van der Waals surface area (Å²) in [7, 11) is 0. The van der Waals surface area contributed by atoms with E-state index in [9.17, 15) is 0 Å². The quantitative estimate of drug-likeness (QED) is 0.599. The Morgan fingerprint density at radius 2 is 1.69 bits per heavy atom. The van der Waals surface area contributed by atoms with Crippen molar-refractivity contribution in [2.24, 2.45) is 5.92 Å². The van der Waals surface area contributed by atoms with Crippen LogP contribution in [0.3, 0.4) is 0 Å². The average molecular weight is 348 g/mol. The molecule has 1 aromatic heterocycles. The first-order chi connectivity index (χ1) is 12.6. The smallest absolute Gasteiger partial charge is 0.224 e. The zero-order valence-corrected chi connectivity index (χ0v) is 15.4. The molecule has 3 aromatic rings. The average Bonchev–Trinajstić information content (AvgIpc) is 2.62. The van der Waals surface area contributed by atoms with Crippen molar-refractivity contribution in [2.75, 3.05) is 17.2 Å². The lowest BCUT2D eigenvalue weighted by Gasteiger charge is -2.14. The van der Waals surface area contributed by atoms with Gasteiger partial charge in [-0.05, 0) is 37.1 Å². The minimum atomic E-state index is 0.524. The van der Waals surface area contributed by atoms with E-state index in [2.05, 4.69) is 34.4 Å². The Kier molecular flexibility index (Phi) is 5.69. The van der Waals surface area contributed by atoms with Crippen LogP contribution in [0.1, 0.15) is 19.5 Å². The number of benzene rings is 2. The zero-order valence-electron chi connectivity index (χ0n) is 15.4. The number of ether oxygens (including phenoxy) is 1. The number of hydrogen-bond donors (Lipinski definition) is 2. The van der Waals surface area contributed by atoms with Crippen LogP contribution >= 0.6 is 0 Å². The van der Waals surface area contributed by atoms with Gasteiger partial charge in [0.1, 0.15) is 11.6 Å².